The molecule has 4 aromatic rings. The molecule has 0 fully saturated rings. The highest BCUT2D eigenvalue weighted by Gasteiger charge is 2.14. The molecule has 174 valence electrons. The van der Waals surface area contributed by atoms with Crippen LogP contribution < -0.4 is 5.56 Å². The molecule has 7 nitrogen and oxygen atoms in total. The van der Waals surface area contributed by atoms with E-state index in [1.165, 1.54) is 4.68 Å². The van der Waals surface area contributed by atoms with Crippen LogP contribution in [0.3, 0.4) is 0 Å². The molecule has 2 aromatic carbocycles. The van der Waals surface area contributed by atoms with Gasteiger partial charge in [-0.25, -0.2) is 9.78 Å². The number of aromatic carboxylic acids is 1. The lowest BCUT2D eigenvalue weighted by molar-refractivity contribution is 0.0697. The van der Waals surface area contributed by atoms with Gasteiger partial charge in [0.1, 0.15) is 5.82 Å². The average Bonchev–Trinajstić information content (AvgIpc) is 3.10. The number of nitrogens with zero attached hydrogens (tertiary/aromatic N) is 4. The summed E-state index contributed by atoms with van der Waals surface area (Å²) in [6, 6.07) is 14.2. The summed E-state index contributed by atoms with van der Waals surface area (Å²) in [5.74, 6) is -0.346. The van der Waals surface area contributed by atoms with Crippen molar-refractivity contribution in [3.63, 3.8) is 0 Å². The summed E-state index contributed by atoms with van der Waals surface area (Å²) in [5, 5.41) is 14.4. The van der Waals surface area contributed by atoms with E-state index in [0.29, 0.717) is 23.1 Å². The van der Waals surface area contributed by atoms with Crippen molar-refractivity contribution in [1.29, 1.82) is 0 Å². The number of unbranched alkanes of at least 4 members (excludes halogenated alkanes) is 1. The Labute approximate surface area is 205 Å². The van der Waals surface area contributed by atoms with E-state index in [2.05, 4.69) is 28.0 Å². The Morgan fingerprint density at radius 1 is 1.18 bits per heavy atom. The van der Waals surface area contributed by atoms with Gasteiger partial charge in [0.15, 0.2) is 0 Å². The Morgan fingerprint density at radius 3 is 2.71 bits per heavy atom. The van der Waals surface area contributed by atoms with Gasteiger partial charge in [-0.1, -0.05) is 35.3 Å². The van der Waals surface area contributed by atoms with Crippen LogP contribution in [0.4, 0.5) is 0 Å². The lowest BCUT2D eigenvalue weighted by Crippen LogP contribution is -2.22. The lowest BCUT2D eigenvalue weighted by Gasteiger charge is -2.11. The van der Waals surface area contributed by atoms with E-state index in [1.807, 2.05) is 42.7 Å². The zero-order valence-corrected chi connectivity index (χ0v) is 20.8. The lowest BCUT2D eigenvalue weighted by atomic mass is 10.2. The second-order valence-electron chi connectivity index (χ2n) is 8.17. The van der Waals surface area contributed by atoms with Crippen LogP contribution in [-0.2, 0) is 6.42 Å². The zero-order chi connectivity index (χ0) is 24.4. The van der Waals surface area contributed by atoms with E-state index in [4.69, 9.17) is 4.98 Å². The number of benzene rings is 2. The molecule has 0 amide bonds. The molecule has 0 aliphatic carbocycles. The summed E-state index contributed by atoms with van der Waals surface area (Å²) < 4.78 is 4.18. The number of carboxylic acid groups (broad SMARTS) is 1. The fourth-order valence-corrected chi connectivity index (χ4v) is 4.39. The third kappa shape index (κ3) is 4.59. The molecule has 0 aliphatic rings. The van der Waals surface area contributed by atoms with Crippen molar-refractivity contribution >= 4 is 39.0 Å². The summed E-state index contributed by atoms with van der Waals surface area (Å²) in [6.45, 7) is 5.99. The maximum atomic E-state index is 13.3. The number of hydrogen-bond acceptors (Lipinski definition) is 4. The standard InChI is InChI=1S/C26H25BrN4O3/c1-4-5-9-24-29-23-11-10-20(27)14-22(23)25(32)31(24)28-15-19-12-16(2)30(17(19)3)21-8-6-7-18(13-21)26(33)34/h6-8,10-15H,4-5,9H2,1-3H3,(H,33,34). The topological polar surface area (TPSA) is 89.5 Å². The SMILES string of the molecule is CCCCc1nc2ccc(Br)cc2c(=O)n1N=Cc1cc(C)n(-c2cccc(C(=O)O)c2)c1C. The van der Waals surface area contributed by atoms with Crippen molar-refractivity contribution < 1.29 is 9.90 Å². The minimum atomic E-state index is -0.972. The number of aryl methyl sites for hydroxylation is 2. The van der Waals surface area contributed by atoms with E-state index < -0.39 is 5.97 Å². The van der Waals surface area contributed by atoms with Gasteiger partial charge >= 0.3 is 5.97 Å². The van der Waals surface area contributed by atoms with E-state index in [9.17, 15) is 14.7 Å². The quantitative estimate of drug-likeness (QED) is 0.326. The minimum Gasteiger partial charge on any atom is -0.478 e. The number of rotatable bonds is 7. The Morgan fingerprint density at radius 2 is 1.97 bits per heavy atom. The van der Waals surface area contributed by atoms with Crippen LogP contribution in [-0.4, -0.2) is 31.5 Å². The van der Waals surface area contributed by atoms with Gasteiger partial charge in [-0.05, 0) is 62.7 Å². The summed E-state index contributed by atoms with van der Waals surface area (Å²) in [4.78, 5) is 29.4. The second kappa shape index (κ2) is 9.77. The first kappa shape index (κ1) is 23.6. The highest BCUT2D eigenvalue weighted by Crippen LogP contribution is 2.21. The van der Waals surface area contributed by atoms with Crippen molar-refractivity contribution in [3.05, 3.63) is 91.7 Å². The predicted octanol–water partition coefficient (Wildman–Crippen LogP) is 5.49. The van der Waals surface area contributed by atoms with Crippen LogP contribution in [0.15, 0.2) is 62.9 Å². The molecule has 4 rings (SSSR count). The number of hydrogen-bond donors (Lipinski definition) is 1. The molecule has 0 saturated carbocycles. The number of carboxylic acids is 1. The number of halogens is 1. The molecule has 0 spiro atoms. The number of aromatic nitrogens is 3. The first-order chi connectivity index (χ1) is 16.3. The molecular weight excluding hydrogens is 496 g/mol. The molecule has 0 saturated heterocycles. The largest absolute Gasteiger partial charge is 0.478 e. The monoisotopic (exact) mass is 520 g/mol. The van der Waals surface area contributed by atoms with Crippen molar-refractivity contribution in [2.45, 2.75) is 40.0 Å². The van der Waals surface area contributed by atoms with Gasteiger partial charge in [0.25, 0.3) is 5.56 Å². The molecule has 0 atom stereocenters. The van der Waals surface area contributed by atoms with E-state index in [0.717, 1.165) is 40.0 Å². The highest BCUT2D eigenvalue weighted by atomic mass is 79.9. The van der Waals surface area contributed by atoms with Crippen LogP contribution in [0.5, 0.6) is 0 Å². The first-order valence-corrected chi connectivity index (χ1v) is 11.9. The summed E-state index contributed by atoms with van der Waals surface area (Å²) in [6.07, 6.45) is 4.20. The molecule has 1 N–H and O–H groups in total. The van der Waals surface area contributed by atoms with Crippen LogP contribution in [0.2, 0.25) is 0 Å². The summed E-state index contributed by atoms with van der Waals surface area (Å²) in [5.41, 5.74) is 4.08. The maximum Gasteiger partial charge on any atom is 0.335 e. The van der Waals surface area contributed by atoms with Gasteiger partial charge in [-0.3, -0.25) is 4.79 Å². The van der Waals surface area contributed by atoms with Gasteiger partial charge in [0.05, 0.1) is 22.7 Å². The normalized spacial score (nSPS) is 11.5. The van der Waals surface area contributed by atoms with Gasteiger partial charge < -0.3 is 9.67 Å². The fourth-order valence-electron chi connectivity index (χ4n) is 4.02. The van der Waals surface area contributed by atoms with Crippen LogP contribution in [0, 0.1) is 13.8 Å². The average molecular weight is 521 g/mol. The van der Waals surface area contributed by atoms with Crippen molar-refractivity contribution in [3.8, 4) is 5.69 Å². The predicted molar refractivity (Wildman–Crippen MR) is 138 cm³/mol. The summed E-state index contributed by atoms with van der Waals surface area (Å²) >= 11 is 3.43. The Bertz CT molecular complexity index is 1480. The molecule has 0 radical (unpaired) electrons. The van der Waals surface area contributed by atoms with E-state index in [-0.39, 0.29) is 11.1 Å². The second-order valence-corrected chi connectivity index (χ2v) is 9.09. The molecule has 2 heterocycles. The third-order valence-electron chi connectivity index (χ3n) is 5.76. The van der Waals surface area contributed by atoms with Crippen molar-refractivity contribution in [1.82, 2.24) is 14.2 Å². The Kier molecular flexibility index (Phi) is 6.79. The maximum absolute atomic E-state index is 13.3. The van der Waals surface area contributed by atoms with Crippen LogP contribution in [0.25, 0.3) is 16.6 Å². The summed E-state index contributed by atoms with van der Waals surface area (Å²) in [7, 11) is 0. The van der Waals surface area contributed by atoms with Gasteiger partial charge in [-0.15, -0.1) is 0 Å². The molecule has 0 bridgehead atoms. The zero-order valence-electron chi connectivity index (χ0n) is 19.2. The molecule has 8 heteroatoms. The Balaban J connectivity index is 1.80. The molecule has 34 heavy (non-hydrogen) atoms. The minimum absolute atomic E-state index is 0.211. The molecule has 0 unspecified atom stereocenters. The molecular formula is C26H25BrN4O3. The van der Waals surface area contributed by atoms with Gasteiger partial charge in [-0.2, -0.15) is 9.78 Å². The van der Waals surface area contributed by atoms with Gasteiger partial charge in [0.2, 0.25) is 0 Å². The van der Waals surface area contributed by atoms with Crippen LogP contribution in [0.1, 0.15) is 52.9 Å². The van der Waals surface area contributed by atoms with Crippen LogP contribution >= 0.6 is 15.9 Å². The van der Waals surface area contributed by atoms with Gasteiger partial charge in [0, 0.05) is 33.5 Å². The van der Waals surface area contributed by atoms with E-state index >= 15 is 0 Å². The van der Waals surface area contributed by atoms with E-state index in [1.54, 1.807) is 30.5 Å². The molecule has 0 aliphatic heterocycles. The number of carbonyl (C=O) groups is 1. The third-order valence-corrected chi connectivity index (χ3v) is 6.26. The molecule has 2 aromatic heterocycles. The number of fused-ring (bicyclic) bond motifs is 1. The smallest absolute Gasteiger partial charge is 0.335 e. The van der Waals surface area contributed by atoms with Crippen molar-refractivity contribution in [2.75, 3.05) is 0 Å². The highest BCUT2D eigenvalue weighted by molar-refractivity contribution is 9.10. The Hall–Kier alpha value is -3.52. The first-order valence-electron chi connectivity index (χ1n) is 11.1. The van der Waals surface area contributed by atoms with Crippen molar-refractivity contribution in [2.24, 2.45) is 5.10 Å². The fraction of sp³-hybridized carbons (Fsp3) is 0.231.